The molecule has 2 aromatic carbocycles. The van der Waals surface area contributed by atoms with Crippen molar-refractivity contribution in [3.8, 4) is 0 Å². The molecule has 0 heterocycles. The Kier molecular flexibility index (Phi) is 4.58. The van der Waals surface area contributed by atoms with Gasteiger partial charge in [0.25, 0.3) is 0 Å². The Morgan fingerprint density at radius 2 is 1.71 bits per heavy atom. The van der Waals surface area contributed by atoms with Gasteiger partial charge in [0.15, 0.2) is 0 Å². The van der Waals surface area contributed by atoms with Gasteiger partial charge in [-0.2, -0.15) is 0 Å². The van der Waals surface area contributed by atoms with Crippen LogP contribution >= 0.6 is 11.6 Å². The summed E-state index contributed by atoms with van der Waals surface area (Å²) in [5.74, 6) is -0.763. The maximum atomic E-state index is 12.3. The minimum atomic E-state index is -0.273. The molecular formula is C19H19ClN2O2. The minimum absolute atomic E-state index is 0.103. The molecule has 2 aromatic rings. The van der Waals surface area contributed by atoms with E-state index in [1.54, 1.807) is 18.2 Å². The fourth-order valence-corrected chi connectivity index (χ4v) is 2.95. The smallest absolute Gasteiger partial charge is 0.228 e. The number of hydrogen-bond donors (Lipinski definition) is 2. The fourth-order valence-electron chi connectivity index (χ4n) is 2.73. The van der Waals surface area contributed by atoms with E-state index in [1.807, 2.05) is 38.1 Å². The van der Waals surface area contributed by atoms with E-state index in [-0.39, 0.29) is 23.7 Å². The Hall–Kier alpha value is -2.33. The Bertz CT molecular complexity index is 804. The summed E-state index contributed by atoms with van der Waals surface area (Å²) in [6, 6.07) is 12.9. The van der Waals surface area contributed by atoms with Gasteiger partial charge < -0.3 is 10.6 Å². The Balaban J connectivity index is 1.58. The molecule has 4 nitrogen and oxygen atoms in total. The van der Waals surface area contributed by atoms with Crippen molar-refractivity contribution in [2.75, 3.05) is 10.6 Å². The molecule has 1 aliphatic carbocycles. The molecule has 2 atom stereocenters. The molecule has 0 spiro atoms. The van der Waals surface area contributed by atoms with Crippen molar-refractivity contribution in [3.63, 3.8) is 0 Å². The number of carbonyl (C=O) groups is 2. The van der Waals surface area contributed by atoms with Crippen LogP contribution < -0.4 is 10.6 Å². The highest BCUT2D eigenvalue weighted by Crippen LogP contribution is 2.40. The summed E-state index contributed by atoms with van der Waals surface area (Å²) in [5, 5.41) is 6.39. The van der Waals surface area contributed by atoms with Gasteiger partial charge in [-0.25, -0.2) is 0 Å². The van der Waals surface area contributed by atoms with E-state index in [0.717, 1.165) is 22.5 Å². The number of carbonyl (C=O) groups excluding carboxylic acids is 2. The molecule has 2 N–H and O–H groups in total. The number of amides is 2. The average Bonchev–Trinajstić information content (AvgIpc) is 3.31. The van der Waals surface area contributed by atoms with Crippen LogP contribution in [0.4, 0.5) is 11.4 Å². The van der Waals surface area contributed by atoms with E-state index in [4.69, 9.17) is 11.6 Å². The van der Waals surface area contributed by atoms with Gasteiger partial charge in [0.1, 0.15) is 0 Å². The largest absolute Gasteiger partial charge is 0.326 e. The predicted molar refractivity (Wildman–Crippen MR) is 96.2 cm³/mol. The Labute approximate surface area is 146 Å². The van der Waals surface area contributed by atoms with E-state index in [9.17, 15) is 9.59 Å². The molecule has 124 valence electrons. The maximum absolute atomic E-state index is 12.3. The van der Waals surface area contributed by atoms with Crippen molar-refractivity contribution < 1.29 is 9.59 Å². The van der Waals surface area contributed by atoms with Gasteiger partial charge in [0.05, 0.1) is 11.8 Å². The van der Waals surface area contributed by atoms with Crippen LogP contribution in [0.1, 0.15) is 17.5 Å². The summed E-state index contributed by atoms with van der Waals surface area (Å²) in [6.45, 7) is 3.85. The molecular weight excluding hydrogens is 324 g/mol. The first kappa shape index (κ1) is 16.5. The van der Waals surface area contributed by atoms with Crippen molar-refractivity contribution >= 4 is 34.8 Å². The highest BCUT2D eigenvalue weighted by Gasteiger charge is 2.48. The van der Waals surface area contributed by atoms with Crippen LogP contribution in [0, 0.1) is 25.7 Å². The topological polar surface area (TPSA) is 58.2 Å². The maximum Gasteiger partial charge on any atom is 0.228 e. The number of benzene rings is 2. The molecule has 1 aliphatic rings. The SMILES string of the molecule is Cc1cccc(NC(=O)C2CC2C(=O)Nc2ccc(Cl)cc2C)c1. The lowest BCUT2D eigenvalue weighted by molar-refractivity contribution is -0.122. The van der Waals surface area contributed by atoms with Crippen molar-refractivity contribution in [1.29, 1.82) is 0 Å². The molecule has 0 bridgehead atoms. The van der Waals surface area contributed by atoms with Gasteiger partial charge in [-0.3, -0.25) is 9.59 Å². The second-order valence-corrected chi connectivity index (χ2v) is 6.69. The number of rotatable bonds is 4. The summed E-state index contributed by atoms with van der Waals surface area (Å²) in [7, 11) is 0. The summed E-state index contributed by atoms with van der Waals surface area (Å²) in [5.41, 5.74) is 3.47. The zero-order valence-corrected chi connectivity index (χ0v) is 14.4. The molecule has 0 saturated heterocycles. The predicted octanol–water partition coefficient (Wildman–Crippen LogP) is 4.17. The second-order valence-electron chi connectivity index (χ2n) is 6.26. The minimum Gasteiger partial charge on any atom is -0.326 e. The molecule has 24 heavy (non-hydrogen) atoms. The highest BCUT2D eigenvalue weighted by atomic mass is 35.5. The molecule has 1 saturated carbocycles. The van der Waals surface area contributed by atoms with Crippen molar-refractivity contribution in [2.45, 2.75) is 20.3 Å². The summed E-state index contributed by atoms with van der Waals surface area (Å²) < 4.78 is 0. The van der Waals surface area contributed by atoms with Crippen LogP contribution in [-0.4, -0.2) is 11.8 Å². The quantitative estimate of drug-likeness (QED) is 0.876. The van der Waals surface area contributed by atoms with Gasteiger partial charge in [-0.1, -0.05) is 23.7 Å². The van der Waals surface area contributed by atoms with E-state index >= 15 is 0 Å². The third-order valence-electron chi connectivity index (χ3n) is 4.20. The third kappa shape index (κ3) is 3.77. The number of halogens is 1. The molecule has 0 aliphatic heterocycles. The number of anilines is 2. The van der Waals surface area contributed by atoms with E-state index in [0.29, 0.717) is 11.4 Å². The van der Waals surface area contributed by atoms with Gasteiger partial charge >= 0.3 is 0 Å². The first-order chi connectivity index (χ1) is 11.4. The molecule has 0 radical (unpaired) electrons. The van der Waals surface area contributed by atoms with Crippen molar-refractivity contribution in [2.24, 2.45) is 11.8 Å². The van der Waals surface area contributed by atoms with Crippen LogP contribution in [0.5, 0.6) is 0 Å². The lowest BCUT2D eigenvalue weighted by atomic mass is 10.2. The summed E-state index contributed by atoms with van der Waals surface area (Å²) in [4.78, 5) is 24.6. The molecule has 1 fully saturated rings. The number of aryl methyl sites for hydroxylation is 2. The van der Waals surface area contributed by atoms with E-state index in [2.05, 4.69) is 10.6 Å². The van der Waals surface area contributed by atoms with E-state index in [1.165, 1.54) is 0 Å². The molecule has 5 heteroatoms. The normalized spacial score (nSPS) is 18.8. The molecule has 2 amide bonds. The molecule has 2 unspecified atom stereocenters. The monoisotopic (exact) mass is 342 g/mol. The number of nitrogens with one attached hydrogen (secondary N) is 2. The third-order valence-corrected chi connectivity index (χ3v) is 4.43. The first-order valence-electron chi connectivity index (χ1n) is 7.88. The average molecular weight is 343 g/mol. The zero-order valence-electron chi connectivity index (χ0n) is 13.6. The Morgan fingerprint density at radius 3 is 2.38 bits per heavy atom. The lowest BCUT2D eigenvalue weighted by Crippen LogP contribution is -2.20. The Morgan fingerprint density at radius 1 is 1.00 bits per heavy atom. The lowest BCUT2D eigenvalue weighted by Gasteiger charge is -2.09. The van der Waals surface area contributed by atoms with Gasteiger partial charge in [0.2, 0.25) is 11.8 Å². The van der Waals surface area contributed by atoms with Crippen LogP contribution in [0.3, 0.4) is 0 Å². The second kappa shape index (κ2) is 6.65. The summed E-state index contributed by atoms with van der Waals surface area (Å²) in [6.07, 6.45) is 0.579. The van der Waals surface area contributed by atoms with Crippen molar-refractivity contribution in [3.05, 3.63) is 58.6 Å². The van der Waals surface area contributed by atoms with Crippen LogP contribution in [0.2, 0.25) is 5.02 Å². The van der Waals surface area contributed by atoms with Crippen LogP contribution in [0.15, 0.2) is 42.5 Å². The standard InChI is InChI=1S/C19H19ClN2O2/c1-11-4-3-5-14(8-11)21-18(23)15-10-16(15)19(24)22-17-7-6-13(20)9-12(17)2/h3-9,15-16H,10H2,1-2H3,(H,21,23)(H,22,24). The van der Waals surface area contributed by atoms with Gasteiger partial charge in [-0.15, -0.1) is 0 Å². The van der Waals surface area contributed by atoms with Crippen LogP contribution in [-0.2, 0) is 9.59 Å². The van der Waals surface area contributed by atoms with E-state index < -0.39 is 0 Å². The molecule has 0 aromatic heterocycles. The zero-order chi connectivity index (χ0) is 17.3. The van der Waals surface area contributed by atoms with Gasteiger partial charge in [0, 0.05) is 16.4 Å². The summed E-state index contributed by atoms with van der Waals surface area (Å²) >= 11 is 5.92. The highest BCUT2D eigenvalue weighted by molar-refractivity contribution is 6.30. The van der Waals surface area contributed by atoms with Gasteiger partial charge in [-0.05, 0) is 61.7 Å². The van der Waals surface area contributed by atoms with Crippen LogP contribution in [0.25, 0.3) is 0 Å². The first-order valence-corrected chi connectivity index (χ1v) is 8.26. The fraction of sp³-hybridized carbons (Fsp3) is 0.263. The number of hydrogen-bond acceptors (Lipinski definition) is 2. The van der Waals surface area contributed by atoms with Crippen molar-refractivity contribution in [1.82, 2.24) is 0 Å². The molecule has 3 rings (SSSR count).